The largest absolute Gasteiger partial charge is 0.324 e. The van der Waals surface area contributed by atoms with Gasteiger partial charge in [-0.05, 0) is 61.6 Å². The van der Waals surface area contributed by atoms with Crippen LogP contribution in [0.3, 0.4) is 0 Å². The Morgan fingerprint density at radius 2 is 1.96 bits per heavy atom. The molecule has 0 saturated carbocycles. The van der Waals surface area contributed by atoms with Crippen LogP contribution >= 0.6 is 23.7 Å². The smallest absolute Gasteiger partial charge is 0.265 e. The Morgan fingerprint density at radius 3 is 2.70 bits per heavy atom. The number of hydrogen-bond donors (Lipinski definition) is 3. The number of benzene rings is 1. The standard InChI is InChI=1S/C19H21N5OS.ClH/c20-11-17-22-18(24-23-17)12-6-8-14(9-7-12)21-19(25)16-10-13-4-2-1-3-5-15(13)26-16;/h6-10H,1-5,11,20H2,(H,21,25)(H,22,23,24);1H. The number of nitrogens with zero attached hydrogens (tertiary/aromatic N) is 2. The fourth-order valence-electron chi connectivity index (χ4n) is 3.19. The van der Waals surface area contributed by atoms with Crippen LogP contribution in [0.1, 0.15) is 45.2 Å². The van der Waals surface area contributed by atoms with Crippen LogP contribution in [0.2, 0.25) is 0 Å². The van der Waals surface area contributed by atoms with Crippen molar-refractivity contribution in [2.24, 2.45) is 5.73 Å². The summed E-state index contributed by atoms with van der Waals surface area (Å²) in [5.74, 6) is 1.21. The minimum Gasteiger partial charge on any atom is -0.324 e. The molecule has 2 aromatic heterocycles. The molecule has 1 aliphatic rings. The fraction of sp³-hybridized carbons (Fsp3) is 0.316. The molecular weight excluding hydrogens is 382 g/mol. The molecule has 4 N–H and O–H groups in total. The third-order valence-electron chi connectivity index (χ3n) is 4.60. The molecule has 2 heterocycles. The summed E-state index contributed by atoms with van der Waals surface area (Å²) in [6.45, 7) is 0.325. The number of hydrogen-bond acceptors (Lipinski definition) is 5. The summed E-state index contributed by atoms with van der Waals surface area (Å²) < 4.78 is 0. The molecule has 0 saturated heterocycles. The van der Waals surface area contributed by atoms with E-state index in [0.29, 0.717) is 18.2 Å². The van der Waals surface area contributed by atoms with E-state index in [9.17, 15) is 4.79 Å². The number of amides is 1. The Bertz CT molecular complexity index is 895. The number of rotatable bonds is 4. The van der Waals surface area contributed by atoms with Gasteiger partial charge in [0.2, 0.25) is 0 Å². The Hall–Kier alpha value is -2.22. The van der Waals surface area contributed by atoms with Gasteiger partial charge in [0, 0.05) is 16.1 Å². The lowest BCUT2D eigenvalue weighted by atomic mass is 10.1. The number of nitrogens with one attached hydrogen (secondary N) is 2. The number of aryl methyl sites for hydroxylation is 2. The zero-order valence-corrected chi connectivity index (χ0v) is 16.5. The van der Waals surface area contributed by atoms with E-state index in [2.05, 4.69) is 26.6 Å². The molecule has 0 spiro atoms. The normalized spacial score (nSPS) is 13.4. The minimum atomic E-state index is -0.0425. The second-order valence-electron chi connectivity index (χ2n) is 6.46. The van der Waals surface area contributed by atoms with Gasteiger partial charge in [0.15, 0.2) is 5.82 Å². The number of carbonyl (C=O) groups is 1. The molecule has 0 atom stereocenters. The number of thiophene rings is 1. The van der Waals surface area contributed by atoms with Gasteiger partial charge in [0.05, 0.1) is 11.4 Å². The number of anilines is 1. The quantitative estimate of drug-likeness (QED) is 0.575. The molecule has 1 aromatic carbocycles. The average molecular weight is 404 g/mol. The van der Waals surface area contributed by atoms with Gasteiger partial charge in [-0.25, -0.2) is 4.98 Å². The zero-order valence-electron chi connectivity index (χ0n) is 14.8. The van der Waals surface area contributed by atoms with E-state index in [1.807, 2.05) is 24.3 Å². The van der Waals surface area contributed by atoms with Crippen molar-refractivity contribution < 1.29 is 4.79 Å². The van der Waals surface area contributed by atoms with E-state index in [1.165, 1.54) is 29.7 Å². The highest BCUT2D eigenvalue weighted by Crippen LogP contribution is 2.29. The number of aromatic amines is 1. The molecule has 142 valence electrons. The molecule has 0 aliphatic heterocycles. The highest BCUT2D eigenvalue weighted by molar-refractivity contribution is 7.14. The number of H-pyrrole nitrogens is 1. The predicted octanol–water partition coefficient (Wildman–Crippen LogP) is 3.93. The highest BCUT2D eigenvalue weighted by atomic mass is 35.5. The van der Waals surface area contributed by atoms with Crippen LogP contribution in [0, 0.1) is 0 Å². The van der Waals surface area contributed by atoms with Crippen LogP contribution in [0.25, 0.3) is 11.4 Å². The van der Waals surface area contributed by atoms with Crippen molar-refractivity contribution in [3.63, 3.8) is 0 Å². The Labute approximate surface area is 168 Å². The highest BCUT2D eigenvalue weighted by Gasteiger charge is 2.16. The van der Waals surface area contributed by atoms with E-state index in [-0.39, 0.29) is 18.3 Å². The van der Waals surface area contributed by atoms with Gasteiger partial charge in [-0.3, -0.25) is 9.89 Å². The molecule has 1 aliphatic carbocycles. The second-order valence-corrected chi connectivity index (χ2v) is 7.60. The molecule has 8 heteroatoms. The van der Waals surface area contributed by atoms with E-state index >= 15 is 0 Å². The molecule has 3 aromatic rings. The molecular formula is C19H22ClN5OS. The van der Waals surface area contributed by atoms with E-state index < -0.39 is 0 Å². The van der Waals surface area contributed by atoms with Gasteiger partial charge in [-0.1, -0.05) is 6.42 Å². The van der Waals surface area contributed by atoms with Crippen LogP contribution in [-0.4, -0.2) is 21.1 Å². The van der Waals surface area contributed by atoms with E-state index in [4.69, 9.17) is 5.73 Å². The Morgan fingerprint density at radius 1 is 1.19 bits per heavy atom. The maximum absolute atomic E-state index is 12.6. The van der Waals surface area contributed by atoms with Crippen molar-refractivity contribution in [1.82, 2.24) is 15.2 Å². The van der Waals surface area contributed by atoms with Gasteiger partial charge in [0.25, 0.3) is 5.91 Å². The lowest BCUT2D eigenvalue weighted by molar-refractivity contribution is 0.103. The molecule has 4 rings (SSSR count). The van der Waals surface area contributed by atoms with Crippen molar-refractivity contribution in [2.45, 2.75) is 38.6 Å². The number of fused-ring (bicyclic) bond motifs is 1. The second kappa shape index (κ2) is 8.65. The van der Waals surface area contributed by atoms with E-state index in [1.54, 1.807) is 11.3 Å². The third kappa shape index (κ3) is 4.37. The fourth-order valence-corrected chi connectivity index (χ4v) is 4.34. The number of aromatic nitrogens is 3. The molecule has 0 fully saturated rings. The predicted molar refractivity (Wildman–Crippen MR) is 110 cm³/mol. The van der Waals surface area contributed by atoms with Crippen molar-refractivity contribution in [1.29, 1.82) is 0 Å². The van der Waals surface area contributed by atoms with Crippen LogP contribution in [0.15, 0.2) is 30.3 Å². The van der Waals surface area contributed by atoms with Gasteiger partial charge >= 0.3 is 0 Å². The van der Waals surface area contributed by atoms with Crippen molar-refractivity contribution in [3.8, 4) is 11.4 Å². The summed E-state index contributed by atoms with van der Waals surface area (Å²) in [7, 11) is 0. The van der Waals surface area contributed by atoms with Gasteiger partial charge in [-0.15, -0.1) is 23.7 Å². The van der Waals surface area contributed by atoms with Gasteiger partial charge < -0.3 is 11.1 Å². The molecule has 0 bridgehead atoms. The zero-order chi connectivity index (χ0) is 17.9. The number of carbonyl (C=O) groups excluding carboxylic acids is 1. The lowest BCUT2D eigenvalue weighted by Gasteiger charge is -2.04. The first-order valence-corrected chi connectivity index (χ1v) is 9.69. The third-order valence-corrected chi connectivity index (χ3v) is 5.83. The van der Waals surface area contributed by atoms with Crippen LogP contribution in [-0.2, 0) is 19.4 Å². The van der Waals surface area contributed by atoms with Crippen molar-refractivity contribution >= 4 is 35.3 Å². The Kier molecular flexibility index (Phi) is 6.26. The first kappa shape index (κ1) is 19.5. The molecule has 6 nitrogen and oxygen atoms in total. The summed E-state index contributed by atoms with van der Waals surface area (Å²) in [6, 6.07) is 9.58. The SMILES string of the molecule is Cl.NCc1nc(-c2ccc(NC(=O)c3cc4c(s3)CCCCC4)cc2)n[nH]1. The van der Waals surface area contributed by atoms with Gasteiger partial charge in [-0.2, -0.15) is 5.10 Å². The van der Waals surface area contributed by atoms with E-state index in [0.717, 1.165) is 29.0 Å². The lowest BCUT2D eigenvalue weighted by Crippen LogP contribution is -2.10. The first-order chi connectivity index (χ1) is 12.7. The van der Waals surface area contributed by atoms with Crippen molar-refractivity contribution in [3.05, 3.63) is 51.5 Å². The summed E-state index contributed by atoms with van der Waals surface area (Å²) >= 11 is 1.63. The molecule has 27 heavy (non-hydrogen) atoms. The summed E-state index contributed by atoms with van der Waals surface area (Å²) in [4.78, 5) is 19.0. The maximum Gasteiger partial charge on any atom is 0.265 e. The summed E-state index contributed by atoms with van der Waals surface area (Å²) in [5.41, 5.74) is 8.53. The molecule has 0 unspecified atom stereocenters. The molecule has 0 radical (unpaired) electrons. The summed E-state index contributed by atoms with van der Waals surface area (Å²) in [5, 5.41) is 9.92. The number of nitrogens with two attached hydrogens (primary N) is 1. The molecule has 1 amide bonds. The monoisotopic (exact) mass is 403 g/mol. The summed E-state index contributed by atoms with van der Waals surface area (Å²) in [6.07, 6.45) is 5.92. The van der Waals surface area contributed by atoms with Crippen LogP contribution in [0.4, 0.5) is 5.69 Å². The Balaban J connectivity index is 0.00000210. The topological polar surface area (TPSA) is 96.7 Å². The first-order valence-electron chi connectivity index (χ1n) is 8.87. The van der Waals surface area contributed by atoms with Gasteiger partial charge in [0.1, 0.15) is 5.82 Å². The van der Waals surface area contributed by atoms with Crippen molar-refractivity contribution in [2.75, 3.05) is 5.32 Å². The number of halogens is 1. The van der Waals surface area contributed by atoms with Crippen LogP contribution < -0.4 is 11.1 Å². The average Bonchev–Trinajstić information content (AvgIpc) is 3.25. The van der Waals surface area contributed by atoms with Crippen LogP contribution in [0.5, 0.6) is 0 Å². The maximum atomic E-state index is 12.6. The minimum absolute atomic E-state index is 0.